The Morgan fingerprint density at radius 2 is 1.92 bits per heavy atom. The van der Waals surface area contributed by atoms with Gasteiger partial charge in [-0.1, -0.05) is 11.3 Å². The molecule has 5 rings (SSSR count). The molecule has 36 heavy (non-hydrogen) atoms. The number of hydrogen-bond acceptors (Lipinski definition) is 8. The van der Waals surface area contributed by atoms with Crippen LogP contribution in [-0.4, -0.2) is 59.2 Å². The highest BCUT2D eigenvalue weighted by Crippen LogP contribution is 2.41. The minimum absolute atomic E-state index is 0.0347. The van der Waals surface area contributed by atoms with E-state index >= 15 is 4.39 Å². The molecular weight excluding hydrogens is 524 g/mol. The average molecular weight is 545 g/mol. The number of hydrogen-bond donors (Lipinski definition) is 2. The first-order valence-electron chi connectivity index (χ1n) is 10.9. The van der Waals surface area contributed by atoms with E-state index in [-0.39, 0.29) is 45.1 Å². The van der Waals surface area contributed by atoms with Gasteiger partial charge in [-0.2, -0.15) is 18.3 Å². The Bertz CT molecular complexity index is 1480. The normalized spacial score (nSPS) is 22.1. The molecule has 10 nitrogen and oxygen atoms in total. The van der Waals surface area contributed by atoms with Crippen LogP contribution in [0.4, 0.5) is 23.2 Å². The van der Waals surface area contributed by atoms with Gasteiger partial charge in [0.2, 0.25) is 20.2 Å². The van der Waals surface area contributed by atoms with Gasteiger partial charge in [-0.3, -0.25) is 4.85 Å². The first-order chi connectivity index (χ1) is 16.8. The number of nitrogens with zero attached hydrogens (tertiary/aromatic N) is 6. The average Bonchev–Trinajstić information content (AvgIpc) is 3.17. The van der Waals surface area contributed by atoms with Gasteiger partial charge in [0.15, 0.2) is 5.82 Å². The molecule has 2 fully saturated rings. The quantitative estimate of drug-likeness (QED) is 0.376. The van der Waals surface area contributed by atoms with Crippen molar-refractivity contribution in [1.82, 2.24) is 30.0 Å². The molecule has 0 bridgehead atoms. The van der Waals surface area contributed by atoms with Gasteiger partial charge in [0.1, 0.15) is 4.90 Å². The van der Waals surface area contributed by atoms with Crippen LogP contribution in [0.1, 0.15) is 31.7 Å². The van der Waals surface area contributed by atoms with Gasteiger partial charge in [0.05, 0.1) is 30.2 Å². The molecule has 1 aliphatic heterocycles. The summed E-state index contributed by atoms with van der Waals surface area (Å²) < 4.78 is 85.2. The van der Waals surface area contributed by atoms with Crippen molar-refractivity contribution >= 4 is 38.0 Å². The molecule has 2 atom stereocenters. The Kier molecular flexibility index (Phi) is 5.74. The van der Waals surface area contributed by atoms with E-state index in [1.54, 1.807) is 4.90 Å². The van der Waals surface area contributed by atoms with Crippen LogP contribution in [0, 0.1) is 12.4 Å². The lowest BCUT2D eigenvalue weighted by atomic mass is 10.1. The Hall–Kier alpha value is -2.87. The van der Waals surface area contributed by atoms with Crippen LogP contribution in [0.25, 0.3) is 20.9 Å². The van der Waals surface area contributed by atoms with E-state index in [1.165, 1.54) is 6.20 Å². The smallest absolute Gasteiger partial charge is 0.365 e. The first-order valence-corrected chi connectivity index (χ1v) is 13.2. The van der Waals surface area contributed by atoms with Crippen molar-refractivity contribution in [3.8, 4) is 5.13 Å². The predicted octanol–water partition coefficient (Wildman–Crippen LogP) is 2.91. The lowest BCUT2D eigenvalue weighted by molar-refractivity contribution is -0.138. The maximum absolute atomic E-state index is 16.0. The lowest BCUT2D eigenvalue weighted by Gasteiger charge is -2.38. The second kappa shape index (κ2) is 8.33. The molecule has 1 aliphatic carbocycles. The van der Waals surface area contributed by atoms with Gasteiger partial charge in [-0.05, 0) is 19.9 Å². The number of fused-ring (bicyclic) bond motifs is 1. The highest BCUT2D eigenvalue weighted by atomic mass is 32.2. The molecular formula is C20H20F4N8O2S2. The summed E-state index contributed by atoms with van der Waals surface area (Å²) in [7, 11) is -4.51. The zero-order chi connectivity index (χ0) is 26.0. The summed E-state index contributed by atoms with van der Waals surface area (Å²) in [6.07, 6.45) is -2.87. The molecule has 1 saturated heterocycles. The number of alkyl halides is 3. The van der Waals surface area contributed by atoms with Crippen molar-refractivity contribution in [3.63, 3.8) is 0 Å². The maximum Gasteiger partial charge on any atom is 0.445 e. The van der Waals surface area contributed by atoms with Crippen molar-refractivity contribution in [2.24, 2.45) is 0 Å². The van der Waals surface area contributed by atoms with E-state index in [9.17, 15) is 21.6 Å². The number of benzene rings is 1. The van der Waals surface area contributed by atoms with Crippen LogP contribution < -0.4 is 14.9 Å². The fourth-order valence-corrected chi connectivity index (χ4v) is 6.49. The topological polar surface area (TPSA) is 109 Å². The third kappa shape index (κ3) is 4.29. The van der Waals surface area contributed by atoms with Crippen molar-refractivity contribution in [2.45, 2.75) is 55.5 Å². The fraction of sp³-hybridized carbons (Fsp3) is 0.500. The van der Waals surface area contributed by atoms with Gasteiger partial charge in [0, 0.05) is 30.6 Å². The Morgan fingerprint density at radius 1 is 1.25 bits per heavy atom. The lowest BCUT2D eigenvalue weighted by Crippen LogP contribution is -2.54. The van der Waals surface area contributed by atoms with Crippen LogP contribution in [0.15, 0.2) is 17.2 Å². The van der Waals surface area contributed by atoms with Crippen molar-refractivity contribution in [2.75, 3.05) is 18.0 Å². The monoisotopic (exact) mass is 544 g/mol. The van der Waals surface area contributed by atoms with E-state index in [2.05, 4.69) is 30.2 Å². The Balaban J connectivity index is 1.72. The predicted molar refractivity (Wildman–Crippen MR) is 123 cm³/mol. The van der Waals surface area contributed by atoms with Gasteiger partial charge < -0.3 is 10.2 Å². The molecule has 16 heteroatoms. The zero-order valence-corrected chi connectivity index (χ0v) is 20.6. The van der Waals surface area contributed by atoms with Crippen molar-refractivity contribution in [3.05, 3.63) is 34.5 Å². The molecule has 1 saturated carbocycles. The summed E-state index contributed by atoms with van der Waals surface area (Å²) in [5.41, 5.74) is -1.31. The molecule has 3 heterocycles. The highest BCUT2D eigenvalue weighted by Gasteiger charge is 2.54. The van der Waals surface area contributed by atoms with Crippen LogP contribution in [0.2, 0.25) is 0 Å². The van der Waals surface area contributed by atoms with Gasteiger partial charge >= 0.3 is 6.18 Å². The number of nitrogens with one attached hydrogen (secondary N) is 2. The minimum atomic E-state index is -4.72. The number of anilines is 1. The van der Waals surface area contributed by atoms with Gasteiger partial charge in [-0.15, -0.1) is 14.9 Å². The van der Waals surface area contributed by atoms with Crippen molar-refractivity contribution < 1.29 is 26.0 Å². The fourth-order valence-electron chi connectivity index (χ4n) is 4.34. The third-order valence-electron chi connectivity index (χ3n) is 6.02. The standard InChI is InChI=1S/C20H20F4N8O2S2/c1-10-8-31(9-11(2)27-10)16-12-7-26-32(18-29-28-17(35-18)20(22,23)24)13(12)6-14(15(16)21)36(33,34)30-19(25-3)4-5-19/h6-7,10-11,27,30H,4-5,8-9H2,1-2H3/t10-,11-/m0/s1. The summed E-state index contributed by atoms with van der Waals surface area (Å²) in [6, 6.07) is 0.907. The van der Waals surface area contributed by atoms with E-state index in [1.807, 2.05) is 13.8 Å². The molecule has 0 spiro atoms. The molecule has 0 unspecified atom stereocenters. The summed E-state index contributed by atoms with van der Waals surface area (Å²) in [6.45, 7) is 11.8. The summed E-state index contributed by atoms with van der Waals surface area (Å²) in [5, 5.41) is 12.9. The molecule has 3 aromatic rings. The number of halogens is 4. The molecule has 0 radical (unpaired) electrons. The Labute approximate surface area is 207 Å². The number of aromatic nitrogens is 4. The van der Waals surface area contributed by atoms with E-state index in [4.69, 9.17) is 6.57 Å². The van der Waals surface area contributed by atoms with E-state index < -0.39 is 37.6 Å². The Morgan fingerprint density at radius 3 is 2.47 bits per heavy atom. The van der Waals surface area contributed by atoms with Crippen LogP contribution in [-0.2, 0) is 16.2 Å². The molecule has 1 aromatic carbocycles. The molecule has 2 aliphatic rings. The van der Waals surface area contributed by atoms with Crippen LogP contribution in [0.5, 0.6) is 0 Å². The summed E-state index contributed by atoms with van der Waals surface area (Å²) >= 11 is 0.227. The number of piperazine rings is 1. The molecule has 2 aromatic heterocycles. The third-order valence-corrected chi connectivity index (χ3v) is 8.49. The number of rotatable bonds is 5. The maximum atomic E-state index is 16.0. The summed E-state index contributed by atoms with van der Waals surface area (Å²) in [4.78, 5) is 4.30. The molecule has 2 N–H and O–H groups in total. The zero-order valence-electron chi connectivity index (χ0n) is 19.0. The second-order valence-electron chi connectivity index (χ2n) is 9.04. The molecule has 0 amide bonds. The van der Waals surface area contributed by atoms with Gasteiger partial charge in [0.25, 0.3) is 5.66 Å². The first kappa shape index (κ1) is 24.8. The highest BCUT2D eigenvalue weighted by molar-refractivity contribution is 7.89. The number of sulfonamides is 1. The minimum Gasteiger partial charge on any atom is -0.365 e. The summed E-state index contributed by atoms with van der Waals surface area (Å²) in [5.74, 6) is -1.02. The van der Waals surface area contributed by atoms with Crippen LogP contribution >= 0.6 is 11.3 Å². The SMILES string of the molecule is [C-]#[N+]C1(NS(=O)(=O)c2cc3c(cnn3-c3nnc(C(F)(F)F)s3)c(N3C[C@H](C)N[C@@H](C)C3)c2F)CC1. The second-order valence-corrected chi connectivity index (χ2v) is 11.6. The van der Waals surface area contributed by atoms with E-state index in [0.717, 1.165) is 10.7 Å². The molecule has 192 valence electrons. The van der Waals surface area contributed by atoms with E-state index in [0.29, 0.717) is 25.9 Å². The van der Waals surface area contributed by atoms with Crippen LogP contribution in [0.3, 0.4) is 0 Å². The van der Waals surface area contributed by atoms with Gasteiger partial charge in [-0.25, -0.2) is 24.1 Å². The largest absolute Gasteiger partial charge is 0.445 e. The van der Waals surface area contributed by atoms with Crippen molar-refractivity contribution in [1.29, 1.82) is 0 Å².